The van der Waals surface area contributed by atoms with E-state index >= 15 is 0 Å². The highest BCUT2D eigenvalue weighted by atomic mass is 15.1. The molecule has 0 aliphatic carbocycles. The zero-order chi connectivity index (χ0) is 11.1. The lowest BCUT2D eigenvalue weighted by Gasteiger charge is -2.25. The van der Waals surface area contributed by atoms with E-state index in [9.17, 15) is 0 Å². The normalized spacial score (nSPS) is 11.3. The molecule has 0 amide bonds. The fourth-order valence-electron chi connectivity index (χ4n) is 1.71. The molecule has 0 fully saturated rings. The number of rotatable bonds is 6. The topological polar surface area (TPSA) is 29.3 Å². The minimum Gasteiger partial charge on any atom is -0.329 e. The van der Waals surface area contributed by atoms with Crippen molar-refractivity contribution >= 4 is 0 Å². The van der Waals surface area contributed by atoms with E-state index in [1.54, 1.807) is 0 Å². The van der Waals surface area contributed by atoms with Crippen LogP contribution in [0.4, 0.5) is 0 Å². The van der Waals surface area contributed by atoms with E-state index in [1.165, 1.54) is 5.56 Å². The molecule has 1 aromatic carbocycles. The van der Waals surface area contributed by atoms with Gasteiger partial charge in [0.1, 0.15) is 0 Å². The zero-order valence-corrected chi connectivity index (χ0v) is 9.82. The molecule has 2 N–H and O–H groups in total. The SMILES string of the molecule is CC(C)N(CCN)CCc1ccccc1. The molecular formula is C13H22N2. The van der Waals surface area contributed by atoms with Crippen molar-refractivity contribution in [1.82, 2.24) is 4.90 Å². The van der Waals surface area contributed by atoms with Crippen LogP contribution in [0.25, 0.3) is 0 Å². The van der Waals surface area contributed by atoms with E-state index in [4.69, 9.17) is 5.73 Å². The summed E-state index contributed by atoms with van der Waals surface area (Å²) in [6.07, 6.45) is 1.11. The Kier molecular flexibility index (Phi) is 5.37. The van der Waals surface area contributed by atoms with Gasteiger partial charge in [0.25, 0.3) is 0 Å². The second-order valence-corrected chi connectivity index (χ2v) is 4.15. The molecule has 0 atom stereocenters. The molecule has 0 saturated carbocycles. The Morgan fingerprint density at radius 1 is 1.13 bits per heavy atom. The van der Waals surface area contributed by atoms with Crippen LogP contribution in [0, 0.1) is 0 Å². The van der Waals surface area contributed by atoms with Crippen molar-refractivity contribution in [3.05, 3.63) is 35.9 Å². The Hall–Kier alpha value is -0.860. The predicted molar refractivity (Wildman–Crippen MR) is 65.9 cm³/mol. The highest BCUT2D eigenvalue weighted by Gasteiger charge is 2.07. The molecule has 15 heavy (non-hydrogen) atoms. The number of nitrogens with two attached hydrogens (primary N) is 1. The molecule has 0 aliphatic heterocycles. The van der Waals surface area contributed by atoms with E-state index in [2.05, 4.69) is 49.1 Å². The average molecular weight is 206 g/mol. The number of hydrogen-bond donors (Lipinski definition) is 1. The summed E-state index contributed by atoms with van der Waals surface area (Å²) >= 11 is 0. The zero-order valence-electron chi connectivity index (χ0n) is 9.82. The first-order valence-electron chi connectivity index (χ1n) is 5.72. The molecule has 1 aromatic rings. The summed E-state index contributed by atoms with van der Waals surface area (Å²) in [5.41, 5.74) is 7.00. The van der Waals surface area contributed by atoms with E-state index < -0.39 is 0 Å². The molecular weight excluding hydrogens is 184 g/mol. The first kappa shape index (κ1) is 12.2. The van der Waals surface area contributed by atoms with Gasteiger partial charge in [-0.25, -0.2) is 0 Å². The largest absolute Gasteiger partial charge is 0.329 e. The van der Waals surface area contributed by atoms with Gasteiger partial charge in [0.15, 0.2) is 0 Å². The van der Waals surface area contributed by atoms with Crippen molar-refractivity contribution in [1.29, 1.82) is 0 Å². The maximum Gasteiger partial charge on any atom is 0.0107 e. The van der Waals surface area contributed by atoms with E-state index in [0.29, 0.717) is 6.04 Å². The number of nitrogens with zero attached hydrogens (tertiary/aromatic N) is 1. The standard InChI is InChI=1S/C13H22N2/c1-12(2)15(11-9-14)10-8-13-6-4-3-5-7-13/h3-7,12H,8-11,14H2,1-2H3. The van der Waals surface area contributed by atoms with Crippen LogP contribution in [0.2, 0.25) is 0 Å². The van der Waals surface area contributed by atoms with Crippen LogP contribution < -0.4 is 5.73 Å². The Balaban J connectivity index is 2.40. The van der Waals surface area contributed by atoms with E-state index in [-0.39, 0.29) is 0 Å². The third-order valence-corrected chi connectivity index (χ3v) is 2.68. The summed E-state index contributed by atoms with van der Waals surface area (Å²) in [4.78, 5) is 2.42. The van der Waals surface area contributed by atoms with Gasteiger partial charge < -0.3 is 5.73 Å². The first-order valence-corrected chi connectivity index (χ1v) is 5.72. The van der Waals surface area contributed by atoms with Crippen LogP contribution in [-0.2, 0) is 6.42 Å². The minimum absolute atomic E-state index is 0.581. The van der Waals surface area contributed by atoms with Gasteiger partial charge in [-0.05, 0) is 25.8 Å². The molecule has 84 valence electrons. The van der Waals surface area contributed by atoms with Gasteiger partial charge in [-0.2, -0.15) is 0 Å². The van der Waals surface area contributed by atoms with Crippen LogP contribution in [0.3, 0.4) is 0 Å². The van der Waals surface area contributed by atoms with Crippen LogP contribution in [0.5, 0.6) is 0 Å². The Bertz CT molecular complexity index is 256. The predicted octanol–water partition coefficient (Wildman–Crippen LogP) is 1.90. The Morgan fingerprint density at radius 2 is 1.80 bits per heavy atom. The van der Waals surface area contributed by atoms with Crippen molar-refractivity contribution in [3.8, 4) is 0 Å². The molecule has 2 heteroatoms. The third-order valence-electron chi connectivity index (χ3n) is 2.68. The summed E-state index contributed by atoms with van der Waals surface area (Å²) in [5, 5.41) is 0. The van der Waals surface area contributed by atoms with E-state index in [0.717, 1.165) is 26.1 Å². The van der Waals surface area contributed by atoms with Gasteiger partial charge in [-0.15, -0.1) is 0 Å². The summed E-state index contributed by atoms with van der Waals surface area (Å²) in [6.45, 7) is 7.28. The first-order chi connectivity index (χ1) is 7.24. The molecule has 2 nitrogen and oxygen atoms in total. The van der Waals surface area contributed by atoms with Gasteiger partial charge in [-0.3, -0.25) is 4.90 Å². The molecule has 0 saturated heterocycles. The van der Waals surface area contributed by atoms with E-state index in [1.807, 2.05) is 0 Å². The molecule has 0 aliphatic rings. The summed E-state index contributed by atoms with van der Waals surface area (Å²) < 4.78 is 0. The van der Waals surface area contributed by atoms with Gasteiger partial charge >= 0.3 is 0 Å². The lowest BCUT2D eigenvalue weighted by molar-refractivity contribution is 0.231. The highest BCUT2D eigenvalue weighted by Crippen LogP contribution is 2.03. The smallest absolute Gasteiger partial charge is 0.0107 e. The maximum atomic E-state index is 5.59. The quantitative estimate of drug-likeness (QED) is 0.770. The molecule has 1 rings (SSSR count). The Morgan fingerprint density at radius 3 is 2.33 bits per heavy atom. The van der Waals surface area contributed by atoms with Crippen molar-refractivity contribution in [2.75, 3.05) is 19.6 Å². The molecule has 0 heterocycles. The van der Waals surface area contributed by atoms with Crippen LogP contribution in [0.1, 0.15) is 19.4 Å². The lowest BCUT2D eigenvalue weighted by Crippen LogP contribution is -2.36. The fourth-order valence-corrected chi connectivity index (χ4v) is 1.71. The van der Waals surface area contributed by atoms with Crippen molar-refractivity contribution in [2.45, 2.75) is 26.3 Å². The number of benzene rings is 1. The fraction of sp³-hybridized carbons (Fsp3) is 0.538. The van der Waals surface area contributed by atoms with Gasteiger partial charge in [0, 0.05) is 25.7 Å². The van der Waals surface area contributed by atoms with Crippen LogP contribution >= 0.6 is 0 Å². The molecule has 0 aromatic heterocycles. The third kappa shape index (κ3) is 4.45. The molecule has 0 radical (unpaired) electrons. The summed E-state index contributed by atoms with van der Waals surface area (Å²) in [5.74, 6) is 0. The van der Waals surface area contributed by atoms with Crippen molar-refractivity contribution in [3.63, 3.8) is 0 Å². The maximum absolute atomic E-state index is 5.59. The van der Waals surface area contributed by atoms with Crippen molar-refractivity contribution < 1.29 is 0 Å². The molecule has 0 unspecified atom stereocenters. The second kappa shape index (κ2) is 6.59. The monoisotopic (exact) mass is 206 g/mol. The lowest BCUT2D eigenvalue weighted by atomic mass is 10.1. The molecule has 0 spiro atoms. The Labute approximate surface area is 93.1 Å². The van der Waals surface area contributed by atoms with Crippen molar-refractivity contribution in [2.24, 2.45) is 5.73 Å². The average Bonchev–Trinajstić information content (AvgIpc) is 2.25. The van der Waals surface area contributed by atoms with Gasteiger partial charge in [-0.1, -0.05) is 30.3 Å². The highest BCUT2D eigenvalue weighted by molar-refractivity contribution is 5.14. The number of hydrogen-bond acceptors (Lipinski definition) is 2. The summed E-state index contributed by atoms with van der Waals surface area (Å²) in [6, 6.07) is 11.2. The van der Waals surface area contributed by atoms with Crippen LogP contribution in [0.15, 0.2) is 30.3 Å². The summed E-state index contributed by atoms with van der Waals surface area (Å²) in [7, 11) is 0. The van der Waals surface area contributed by atoms with Gasteiger partial charge in [0.2, 0.25) is 0 Å². The van der Waals surface area contributed by atoms with Gasteiger partial charge in [0.05, 0.1) is 0 Å². The molecule has 0 bridgehead atoms. The van der Waals surface area contributed by atoms with Crippen LogP contribution in [-0.4, -0.2) is 30.6 Å². The second-order valence-electron chi connectivity index (χ2n) is 4.15. The minimum atomic E-state index is 0.581.